The Balaban J connectivity index is 0.000000252. The van der Waals surface area contributed by atoms with Crippen molar-refractivity contribution in [2.45, 2.75) is 249 Å². The fraction of sp³-hybridized carbons (Fsp3) is 0.500. The van der Waals surface area contributed by atoms with Crippen molar-refractivity contribution >= 4 is 22.3 Å². The molecule has 5 radical (unpaired) electrons. The van der Waals surface area contributed by atoms with Crippen LogP contribution in [0, 0.1) is 107 Å². The summed E-state index contributed by atoms with van der Waals surface area (Å²) in [5.41, 5.74) is 25.7. The molecule has 5 aromatic rings. The smallest absolute Gasteiger partial charge is 0.130 e. The van der Waals surface area contributed by atoms with Crippen molar-refractivity contribution in [2.24, 2.45) is 35.5 Å². The van der Waals surface area contributed by atoms with Gasteiger partial charge in [0.1, 0.15) is 11.6 Å². The Kier molecular flexibility index (Phi) is 41.9. The van der Waals surface area contributed by atoms with E-state index in [0.29, 0.717) is 5.92 Å². The average Bonchev–Trinajstić information content (AvgIpc) is 1.04. The summed E-state index contributed by atoms with van der Waals surface area (Å²) in [5, 5.41) is 0. The normalized spacial score (nSPS) is 22.5. The van der Waals surface area contributed by atoms with E-state index in [1.165, 1.54) is 198 Å². The number of allylic oxidation sites excluding steroid dienone is 10. The molecule has 499 valence electrons. The first-order valence-electron chi connectivity index (χ1n) is 35.9. The summed E-state index contributed by atoms with van der Waals surface area (Å²) in [6.45, 7) is 21.9. The number of aryl methyl sites for hydroxylation is 4. The van der Waals surface area contributed by atoms with Crippen LogP contribution in [-0.4, -0.2) is 0 Å². The van der Waals surface area contributed by atoms with Gasteiger partial charge in [-0.1, -0.05) is 170 Å². The van der Waals surface area contributed by atoms with Crippen molar-refractivity contribution in [2.75, 3.05) is 0 Å². The fourth-order valence-electron chi connectivity index (χ4n) is 16.8. The third kappa shape index (κ3) is 26.7. The molecule has 0 bridgehead atoms. The Bertz CT molecular complexity index is 3250. The third-order valence-corrected chi connectivity index (χ3v) is 22.4. The van der Waals surface area contributed by atoms with Gasteiger partial charge in [0.15, 0.2) is 0 Å². The van der Waals surface area contributed by atoms with Gasteiger partial charge in [-0.3, -0.25) is 0 Å². The molecular formula is C88H113F2Y5-5. The largest absolute Gasteiger partial charge is 0.328 e. The van der Waals surface area contributed by atoms with E-state index < -0.39 is 0 Å². The van der Waals surface area contributed by atoms with Crippen LogP contribution in [0.1, 0.15) is 271 Å². The molecule has 13 rings (SSSR count). The molecule has 0 nitrogen and oxygen atoms in total. The maximum atomic E-state index is 14.2. The van der Waals surface area contributed by atoms with Gasteiger partial charge in [0, 0.05) is 175 Å². The molecule has 3 saturated carbocycles. The van der Waals surface area contributed by atoms with Crippen LogP contribution in [-0.2, 0) is 164 Å². The van der Waals surface area contributed by atoms with E-state index in [1.807, 2.05) is 55.8 Å². The molecule has 0 saturated heterocycles. The third-order valence-electron chi connectivity index (χ3n) is 22.4. The molecule has 0 aromatic heterocycles. The molecule has 0 aliphatic heterocycles. The second-order valence-corrected chi connectivity index (χ2v) is 29.2. The molecule has 3 unspecified atom stereocenters. The Morgan fingerprint density at radius 1 is 0.347 bits per heavy atom. The molecule has 0 amide bonds. The first kappa shape index (κ1) is 87.6. The number of hydrogen-bond acceptors (Lipinski definition) is 0. The molecule has 3 fully saturated rings. The van der Waals surface area contributed by atoms with E-state index in [1.54, 1.807) is 40.0 Å². The zero-order chi connectivity index (χ0) is 63.5. The topological polar surface area (TPSA) is 0 Å². The molecule has 95 heavy (non-hydrogen) atoms. The van der Waals surface area contributed by atoms with Crippen LogP contribution < -0.4 is 0 Å². The minimum Gasteiger partial charge on any atom is -0.328 e. The summed E-state index contributed by atoms with van der Waals surface area (Å²) in [7, 11) is 0. The van der Waals surface area contributed by atoms with E-state index in [4.69, 9.17) is 0 Å². The van der Waals surface area contributed by atoms with Crippen LogP contribution in [0.2, 0.25) is 0 Å². The number of hydrogen-bond donors (Lipinski definition) is 0. The van der Waals surface area contributed by atoms with Crippen LogP contribution in [0.4, 0.5) is 8.78 Å². The van der Waals surface area contributed by atoms with Crippen molar-refractivity contribution in [3.05, 3.63) is 236 Å². The predicted octanol–water partition coefficient (Wildman–Crippen LogP) is 26.4. The number of rotatable bonds is 8. The van der Waals surface area contributed by atoms with Gasteiger partial charge >= 0.3 is 0 Å². The standard InChI is InChI=1S/C20H26F.C20H20F.C20H27.C14H23.C14H17.5Y/c2*1-14-8-10-19(20(21)12-14)18-11-9-17(13-15(18)2)16-6-4-3-5-7-16;1-15-8-10-18(11-9-15)20-13-12-19(14-16(20)2)17-6-4-3-5-7-17;2*1-11-7-9-13(10-8-11)14-6-4-3-5-12(14)2;;;;;/h3,8,10,12,16-17H,4-7,9,11,13H2,1-2H3;4-8,10,12,17H,9,11,13H2,1-2H3;3,8-11,17,19H,4-7,12-14H2,1-2H3;3,11,13H,4-10H2,1-2H3;3,7-10H,4-6H2,1-2H3;;;;;/q5*-1;;;;;. The summed E-state index contributed by atoms with van der Waals surface area (Å²) in [5.74, 6) is 6.05. The van der Waals surface area contributed by atoms with Crippen molar-refractivity contribution in [1.29, 1.82) is 0 Å². The van der Waals surface area contributed by atoms with E-state index >= 15 is 0 Å². The van der Waals surface area contributed by atoms with E-state index in [0.717, 1.165) is 83.4 Å². The van der Waals surface area contributed by atoms with Crippen LogP contribution >= 0.6 is 0 Å². The second-order valence-electron chi connectivity index (χ2n) is 29.2. The van der Waals surface area contributed by atoms with Crippen molar-refractivity contribution in [3.8, 4) is 0 Å². The predicted molar refractivity (Wildman–Crippen MR) is 384 cm³/mol. The molecule has 0 spiro atoms. The van der Waals surface area contributed by atoms with Crippen LogP contribution in [0.15, 0.2) is 143 Å². The Labute approximate surface area is 705 Å². The molecule has 0 N–H and O–H groups in total. The number of halogens is 2. The van der Waals surface area contributed by atoms with Gasteiger partial charge in [-0.05, 0) is 231 Å². The van der Waals surface area contributed by atoms with E-state index in [-0.39, 0.29) is 175 Å². The van der Waals surface area contributed by atoms with E-state index in [2.05, 4.69) is 148 Å². The molecule has 7 heteroatoms. The quantitative estimate of drug-likeness (QED) is 0.107. The first-order valence-corrected chi connectivity index (χ1v) is 35.9. The minimum atomic E-state index is -0.0860. The fourth-order valence-corrected chi connectivity index (χ4v) is 16.8. The van der Waals surface area contributed by atoms with Crippen LogP contribution in [0.3, 0.4) is 0 Å². The number of benzene rings is 5. The minimum absolute atomic E-state index is 0. The molecule has 3 atom stereocenters. The van der Waals surface area contributed by atoms with Crippen molar-refractivity contribution < 1.29 is 172 Å². The summed E-state index contributed by atoms with van der Waals surface area (Å²) >= 11 is 0. The van der Waals surface area contributed by atoms with E-state index in [9.17, 15) is 8.78 Å². The summed E-state index contributed by atoms with van der Waals surface area (Å²) in [6, 6.07) is 40.6. The first-order chi connectivity index (χ1) is 43.6. The monoisotopic (exact) mass is 1650 g/mol. The summed E-state index contributed by atoms with van der Waals surface area (Å²) in [4.78, 5) is 0. The Hall–Kier alpha value is 0.179. The van der Waals surface area contributed by atoms with Gasteiger partial charge in [-0.25, -0.2) is 8.78 Å². The van der Waals surface area contributed by atoms with Crippen molar-refractivity contribution in [3.63, 3.8) is 0 Å². The van der Waals surface area contributed by atoms with Crippen LogP contribution in [0.25, 0.3) is 22.3 Å². The maximum absolute atomic E-state index is 14.2. The SMILES string of the molecule is CC1=C(C2CCC(C)CC2)CC[CH-]C1.CC1=C(c2ccc(C)cc2)CCC(C2CC[CH-]CC2)C1.CC1=C(c2ccc(C)cc2)CC[CH-]C1.CC1=C(c2ccc(C)cc2F)CCC(C2CC[CH-]CC2)C1.CC1=C(c2ccc(C)cc2F)CCC(c2cc[c-]cc2)C1.[Y].[Y].[Y].[Y].[Y]. The van der Waals surface area contributed by atoms with Gasteiger partial charge in [0.05, 0.1) is 0 Å². The molecule has 0 heterocycles. The Morgan fingerprint density at radius 3 is 1.19 bits per heavy atom. The zero-order valence-electron chi connectivity index (χ0n) is 60.5. The van der Waals surface area contributed by atoms with Crippen molar-refractivity contribution in [1.82, 2.24) is 0 Å². The van der Waals surface area contributed by atoms with Gasteiger partial charge in [0.2, 0.25) is 0 Å². The summed E-state index contributed by atoms with van der Waals surface area (Å²) in [6.07, 6.45) is 44.7. The second kappa shape index (κ2) is 45.4. The zero-order valence-corrected chi connectivity index (χ0v) is 74.7. The van der Waals surface area contributed by atoms with Gasteiger partial charge < -0.3 is 25.7 Å². The molecular weight excluding hydrogens is 1540 g/mol. The van der Waals surface area contributed by atoms with Gasteiger partial charge in [-0.2, -0.15) is 87.3 Å². The molecule has 8 aliphatic carbocycles. The van der Waals surface area contributed by atoms with Gasteiger partial charge in [-0.15, -0.1) is 5.57 Å². The maximum Gasteiger partial charge on any atom is 0.130 e. The van der Waals surface area contributed by atoms with Gasteiger partial charge in [0.25, 0.3) is 0 Å². The summed E-state index contributed by atoms with van der Waals surface area (Å²) < 4.78 is 28.4. The molecule has 5 aromatic carbocycles. The molecule has 8 aliphatic rings. The average molecular weight is 1650 g/mol. The van der Waals surface area contributed by atoms with Crippen LogP contribution in [0.5, 0.6) is 0 Å². The Morgan fingerprint density at radius 2 is 0.758 bits per heavy atom.